The van der Waals surface area contributed by atoms with Gasteiger partial charge in [0, 0.05) is 11.3 Å². The minimum absolute atomic E-state index is 0.169. The number of hydrogen-bond donors (Lipinski definition) is 1. The molecule has 0 aliphatic carbocycles. The van der Waals surface area contributed by atoms with Gasteiger partial charge in [-0.3, -0.25) is 14.8 Å². The average molecular weight is 458 g/mol. The van der Waals surface area contributed by atoms with Crippen molar-refractivity contribution in [1.29, 1.82) is 0 Å². The number of ether oxygens (including phenoxy) is 1. The van der Waals surface area contributed by atoms with Gasteiger partial charge < -0.3 is 4.74 Å². The third-order valence-corrected chi connectivity index (χ3v) is 6.77. The number of thiophene rings is 1. The van der Waals surface area contributed by atoms with Crippen LogP contribution in [0.5, 0.6) is 0 Å². The normalized spacial score (nSPS) is 15.0. The summed E-state index contributed by atoms with van der Waals surface area (Å²) >= 11 is 1.61. The molecule has 0 bridgehead atoms. The molecule has 1 N–H and O–H groups in total. The number of aromatic amines is 1. The monoisotopic (exact) mass is 457 g/mol. The van der Waals surface area contributed by atoms with Crippen molar-refractivity contribution in [1.82, 2.24) is 10.2 Å². The Labute approximate surface area is 195 Å². The van der Waals surface area contributed by atoms with Crippen LogP contribution in [0.15, 0.2) is 66.0 Å². The summed E-state index contributed by atoms with van der Waals surface area (Å²) in [5.74, 6) is -0.547. The van der Waals surface area contributed by atoms with Crippen molar-refractivity contribution in [3.05, 3.63) is 94.0 Å². The number of H-pyrrole nitrogens is 1. The van der Waals surface area contributed by atoms with Crippen LogP contribution in [0.25, 0.3) is 10.6 Å². The molecule has 1 amide bonds. The van der Waals surface area contributed by atoms with Crippen LogP contribution in [0, 0.1) is 0 Å². The molecule has 7 heteroatoms. The summed E-state index contributed by atoms with van der Waals surface area (Å²) in [6, 6.07) is 19.0. The lowest BCUT2D eigenvalue weighted by atomic mass is 9.96. The Morgan fingerprint density at radius 1 is 1.09 bits per heavy atom. The standard InChI is InChI=1S/C26H23N3O3S/c1-3-16-7-9-17(10-8-16)24-21-22(20-6-5-15-33-20)27-28-23(21)25(30)29(24)19-13-11-18(12-14-19)26(31)32-4-2/h5-15,24H,3-4H2,1-2H3,(H,27,28)/t24-/m1/s1. The van der Waals surface area contributed by atoms with Gasteiger partial charge in [0.05, 0.1) is 28.8 Å². The van der Waals surface area contributed by atoms with Crippen molar-refractivity contribution in [3.63, 3.8) is 0 Å². The zero-order valence-electron chi connectivity index (χ0n) is 18.4. The van der Waals surface area contributed by atoms with Crippen molar-refractivity contribution >= 4 is 28.9 Å². The molecule has 0 radical (unpaired) electrons. The van der Waals surface area contributed by atoms with Gasteiger partial charge >= 0.3 is 5.97 Å². The molecule has 166 valence electrons. The van der Waals surface area contributed by atoms with Crippen molar-refractivity contribution in [2.45, 2.75) is 26.3 Å². The molecule has 2 aromatic heterocycles. The molecule has 0 spiro atoms. The second-order valence-electron chi connectivity index (χ2n) is 7.78. The Hall–Kier alpha value is -3.71. The molecule has 0 saturated carbocycles. The van der Waals surface area contributed by atoms with E-state index in [1.54, 1.807) is 47.4 Å². The molecule has 0 fully saturated rings. The van der Waals surface area contributed by atoms with Crippen molar-refractivity contribution in [3.8, 4) is 10.6 Å². The second-order valence-corrected chi connectivity index (χ2v) is 8.73. The first-order valence-corrected chi connectivity index (χ1v) is 11.8. The minimum Gasteiger partial charge on any atom is -0.462 e. The summed E-state index contributed by atoms with van der Waals surface area (Å²) in [5, 5.41) is 9.51. The molecule has 5 rings (SSSR count). The van der Waals surface area contributed by atoms with E-state index in [2.05, 4.69) is 41.4 Å². The van der Waals surface area contributed by atoms with Gasteiger partial charge in [-0.05, 0) is 60.2 Å². The second kappa shape index (κ2) is 8.67. The Balaban J connectivity index is 1.62. The molecule has 6 nitrogen and oxygen atoms in total. The number of aryl methyl sites for hydroxylation is 1. The van der Waals surface area contributed by atoms with E-state index in [4.69, 9.17) is 4.74 Å². The van der Waals surface area contributed by atoms with Gasteiger partial charge in [-0.1, -0.05) is 37.3 Å². The molecular weight excluding hydrogens is 434 g/mol. The fourth-order valence-electron chi connectivity index (χ4n) is 4.24. The lowest BCUT2D eigenvalue weighted by Crippen LogP contribution is -2.29. The quantitative estimate of drug-likeness (QED) is 0.381. The Bertz CT molecular complexity index is 1290. The largest absolute Gasteiger partial charge is 0.462 e. The smallest absolute Gasteiger partial charge is 0.338 e. The number of nitrogens with zero attached hydrogens (tertiary/aromatic N) is 2. The molecular formula is C26H23N3O3S. The number of nitrogens with one attached hydrogen (secondary N) is 1. The zero-order valence-corrected chi connectivity index (χ0v) is 19.2. The lowest BCUT2D eigenvalue weighted by Gasteiger charge is -2.26. The lowest BCUT2D eigenvalue weighted by molar-refractivity contribution is 0.0526. The van der Waals surface area contributed by atoms with Crippen LogP contribution in [0.4, 0.5) is 5.69 Å². The fraction of sp³-hybridized carbons (Fsp3) is 0.192. The highest BCUT2D eigenvalue weighted by molar-refractivity contribution is 7.13. The fourth-order valence-corrected chi connectivity index (χ4v) is 4.97. The topological polar surface area (TPSA) is 75.3 Å². The Morgan fingerprint density at radius 3 is 2.48 bits per heavy atom. The summed E-state index contributed by atoms with van der Waals surface area (Å²) in [5.41, 5.74) is 5.57. The van der Waals surface area contributed by atoms with Crippen LogP contribution in [-0.4, -0.2) is 28.7 Å². The number of fused-ring (bicyclic) bond motifs is 1. The molecule has 33 heavy (non-hydrogen) atoms. The number of anilines is 1. The number of hydrogen-bond acceptors (Lipinski definition) is 5. The minimum atomic E-state index is -0.378. The van der Waals surface area contributed by atoms with Gasteiger partial charge in [0.15, 0.2) is 5.69 Å². The van der Waals surface area contributed by atoms with E-state index >= 15 is 0 Å². The van der Waals surface area contributed by atoms with Crippen LogP contribution in [0.1, 0.15) is 57.4 Å². The van der Waals surface area contributed by atoms with E-state index in [0.717, 1.165) is 28.1 Å². The number of carbonyl (C=O) groups excluding carboxylic acids is 2. The van der Waals surface area contributed by atoms with Crippen molar-refractivity contribution in [2.24, 2.45) is 0 Å². The van der Waals surface area contributed by atoms with Crippen molar-refractivity contribution < 1.29 is 14.3 Å². The zero-order chi connectivity index (χ0) is 22.9. The van der Waals surface area contributed by atoms with E-state index in [1.807, 2.05) is 17.5 Å². The first-order chi connectivity index (χ1) is 16.1. The summed E-state index contributed by atoms with van der Waals surface area (Å²) < 4.78 is 5.09. The van der Waals surface area contributed by atoms with E-state index in [9.17, 15) is 9.59 Å². The third kappa shape index (κ3) is 3.64. The first-order valence-electron chi connectivity index (χ1n) is 10.9. The SMILES string of the molecule is CCOC(=O)c1ccc(N2C(=O)c3n[nH]c(-c4cccs4)c3[C@H]2c2ccc(CC)cc2)cc1. The maximum Gasteiger partial charge on any atom is 0.338 e. The van der Waals surface area contributed by atoms with Crippen LogP contribution < -0.4 is 4.90 Å². The maximum absolute atomic E-state index is 13.6. The highest BCUT2D eigenvalue weighted by Crippen LogP contribution is 2.45. The molecule has 0 saturated heterocycles. The summed E-state index contributed by atoms with van der Waals surface area (Å²) in [6.45, 7) is 4.21. The molecule has 4 aromatic rings. The van der Waals surface area contributed by atoms with Gasteiger partial charge in [-0.25, -0.2) is 4.79 Å². The van der Waals surface area contributed by atoms with Gasteiger partial charge in [-0.15, -0.1) is 11.3 Å². The molecule has 0 unspecified atom stereocenters. The van der Waals surface area contributed by atoms with E-state index in [-0.39, 0.29) is 17.9 Å². The molecule has 1 atom stereocenters. The molecule has 1 aliphatic heterocycles. The maximum atomic E-state index is 13.6. The van der Waals surface area contributed by atoms with E-state index < -0.39 is 0 Å². The van der Waals surface area contributed by atoms with E-state index in [0.29, 0.717) is 23.6 Å². The molecule has 2 aromatic carbocycles. The number of aromatic nitrogens is 2. The van der Waals surface area contributed by atoms with Crippen LogP contribution >= 0.6 is 11.3 Å². The van der Waals surface area contributed by atoms with Gasteiger partial charge in [0.25, 0.3) is 5.91 Å². The summed E-state index contributed by atoms with van der Waals surface area (Å²) in [6.07, 6.45) is 0.945. The number of rotatable bonds is 6. The summed E-state index contributed by atoms with van der Waals surface area (Å²) in [4.78, 5) is 28.4. The van der Waals surface area contributed by atoms with Crippen LogP contribution in [-0.2, 0) is 11.2 Å². The predicted octanol–water partition coefficient (Wildman–Crippen LogP) is 5.63. The first kappa shape index (κ1) is 21.2. The number of carbonyl (C=O) groups is 2. The van der Waals surface area contributed by atoms with Crippen LogP contribution in [0.2, 0.25) is 0 Å². The number of esters is 1. The van der Waals surface area contributed by atoms with Gasteiger partial charge in [0.1, 0.15) is 0 Å². The molecule has 1 aliphatic rings. The highest BCUT2D eigenvalue weighted by atomic mass is 32.1. The van der Waals surface area contributed by atoms with Gasteiger partial charge in [-0.2, -0.15) is 5.10 Å². The van der Waals surface area contributed by atoms with E-state index in [1.165, 1.54) is 5.56 Å². The highest BCUT2D eigenvalue weighted by Gasteiger charge is 2.43. The average Bonchev–Trinajstić information content (AvgIpc) is 3.57. The van der Waals surface area contributed by atoms with Crippen molar-refractivity contribution in [2.75, 3.05) is 11.5 Å². The number of amides is 1. The Morgan fingerprint density at radius 2 is 1.85 bits per heavy atom. The number of benzene rings is 2. The third-order valence-electron chi connectivity index (χ3n) is 5.88. The summed E-state index contributed by atoms with van der Waals surface area (Å²) in [7, 11) is 0. The van der Waals surface area contributed by atoms with Crippen LogP contribution in [0.3, 0.4) is 0 Å². The predicted molar refractivity (Wildman–Crippen MR) is 129 cm³/mol. The molecule has 3 heterocycles. The Kier molecular flexibility index (Phi) is 5.56. The van der Waals surface area contributed by atoms with Gasteiger partial charge in [0.2, 0.25) is 0 Å².